The second kappa shape index (κ2) is 8.34. The maximum absolute atomic E-state index is 12.9. The van der Waals surface area contributed by atoms with Gasteiger partial charge < -0.3 is 19.5 Å². The summed E-state index contributed by atoms with van der Waals surface area (Å²) in [6, 6.07) is 0. The van der Waals surface area contributed by atoms with Gasteiger partial charge >= 0.3 is 0 Å². The van der Waals surface area contributed by atoms with E-state index in [0.717, 1.165) is 12.2 Å². The van der Waals surface area contributed by atoms with Crippen LogP contribution in [0.2, 0.25) is 0 Å². The number of allylic oxidation sites excluding steroid dienone is 1. The molecule has 0 saturated carbocycles. The van der Waals surface area contributed by atoms with Gasteiger partial charge in [0.25, 0.3) is 5.91 Å². The van der Waals surface area contributed by atoms with Crippen molar-refractivity contribution in [3.8, 4) is 0 Å². The average Bonchev–Trinajstić information content (AvgIpc) is 2.92. The van der Waals surface area contributed by atoms with Gasteiger partial charge in [0, 0.05) is 44.5 Å². The summed E-state index contributed by atoms with van der Waals surface area (Å²) < 4.78 is 7.70. The van der Waals surface area contributed by atoms with Gasteiger partial charge in [0.05, 0.1) is 6.54 Å². The second-order valence-corrected chi connectivity index (χ2v) is 8.27. The molecule has 2 aliphatic heterocycles. The Morgan fingerprint density at radius 2 is 2.03 bits per heavy atom. The smallest absolute Gasteiger partial charge is 0.289 e. The molecular weight excluding hydrogens is 374 g/mol. The minimum Gasteiger partial charge on any atom is -0.481 e. The minimum absolute atomic E-state index is 0.0102. The molecule has 1 aromatic rings. The van der Waals surface area contributed by atoms with E-state index in [1.165, 1.54) is 6.08 Å². The van der Waals surface area contributed by atoms with Crippen molar-refractivity contribution in [1.29, 1.82) is 0 Å². The molecule has 0 aromatic carbocycles. The third-order valence-electron chi connectivity index (χ3n) is 5.36. The lowest BCUT2D eigenvalue weighted by molar-refractivity contribution is -0.138. The van der Waals surface area contributed by atoms with E-state index in [2.05, 4.69) is 15.5 Å². The predicted octanol–water partition coefficient (Wildman–Crippen LogP) is 0.977. The minimum atomic E-state index is -0.680. The summed E-state index contributed by atoms with van der Waals surface area (Å²) in [7, 11) is 0. The van der Waals surface area contributed by atoms with E-state index < -0.39 is 5.60 Å². The Balaban J connectivity index is 1.65. The summed E-state index contributed by atoms with van der Waals surface area (Å²) in [5, 5.41) is 11.3. The lowest BCUT2D eigenvalue weighted by Gasteiger charge is -2.32. The summed E-state index contributed by atoms with van der Waals surface area (Å²) >= 11 is 0. The molecule has 3 heterocycles. The Labute approximate surface area is 170 Å². The van der Waals surface area contributed by atoms with Gasteiger partial charge in [-0.25, -0.2) is 0 Å². The highest BCUT2D eigenvalue weighted by Crippen LogP contribution is 2.26. The molecule has 2 aliphatic rings. The van der Waals surface area contributed by atoms with Gasteiger partial charge in [-0.2, -0.15) is 0 Å². The summed E-state index contributed by atoms with van der Waals surface area (Å²) in [4.78, 5) is 38.5. The van der Waals surface area contributed by atoms with Crippen molar-refractivity contribution in [2.75, 3.05) is 13.1 Å². The molecule has 0 radical (unpaired) electrons. The molecule has 1 atom stereocenters. The number of ether oxygens (including phenoxy) is 1. The number of ketones is 1. The van der Waals surface area contributed by atoms with E-state index >= 15 is 0 Å². The fraction of sp³-hybridized carbons (Fsp3) is 0.650. The van der Waals surface area contributed by atoms with Crippen LogP contribution < -0.4 is 5.32 Å². The topological polar surface area (TPSA) is 106 Å². The molecule has 0 saturated heterocycles. The summed E-state index contributed by atoms with van der Waals surface area (Å²) in [5.74, 6) is 1.12. The van der Waals surface area contributed by atoms with E-state index in [4.69, 9.17) is 4.74 Å². The summed E-state index contributed by atoms with van der Waals surface area (Å²) in [6.07, 6.45) is 2.88. The van der Waals surface area contributed by atoms with Gasteiger partial charge in [0.2, 0.25) is 5.91 Å². The molecule has 158 valence electrons. The number of amides is 2. The van der Waals surface area contributed by atoms with Gasteiger partial charge in [0.1, 0.15) is 11.4 Å². The first kappa shape index (κ1) is 21.0. The quantitative estimate of drug-likeness (QED) is 0.785. The Hall–Kier alpha value is -2.71. The average molecular weight is 403 g/mol. The van der Waals surface area contributed by atoms with Crippen LogP contribution in [0.1, 0.15) is 52.2 Å². The van der Waals surface area contributed by atoms with E-state index in [0.29, 0.717) is 38.4 Å². The number of carbonyl (C=O) groups excluding carboxylic acids is 3. The van der Waals surface area contributed by atoms with Gasteiger partial charge in [-0.3, -0.25) is 14.4 Å². The number of fused-ring (bicyclic) bond motifs is 1. The highest BCUT2D eigenvalue weighted by molar-refractivity contribution is 6.01. The lowest BCUT2D eigenvalue weighted by atomic mass is 9.98. The van der Waals surface area contributed by atoms with E-state index in [1.54, 1.807) is 18.7 Å². The first-order valence-electron chi connectivity index (χ1n) is 10.1. The Bertz CT molecular complexity index is 842. The monoisotopic (exact) mass is 403 g/mol. The molecule has 0 unspecified atom stereocenters. The number of nitrogens with one attached hydrogen (secondary N) is 1. The van der Waals surface area contributed by atoms with Crippen molar-refractivity contribution in [2.45, 2.75) is 65.6 Å². The largest absolute Gasteiger partial charge is 0.481 e. The third kappa shape index (κ3) is 4.83. The van der Waals surface area contributed by atoms with Crippen LogP contribution in [0.25, 0.3) is 0 Å². The third-order valence-corrected chi connectivity index (χ3v) is 5.36. The van der Waals surface area contributed by atoms with Crippen molar-refractivity contribution >= 4 is 17.6 Å². The zero-order valence-electron chi connectivity index (χ0n) is 17.5. The SMILES string of the molecule is CC[C@H](C)C(=O)NCc1nnc2n1CCN(C(=O)C1=CC(=O)CC(C)(C)O1)CC2. The fourth-order valence-electron chi connectivity index (χ4n) is 3.48. The molecule has 1 N–H and O–H groups in total. The van der Waals surface area contributed by atoms with Crippen molar-refractivity contribution in [1.82, 2.24) is 25.0 Å². The number of rotatable bonds is 5. The Kier molecular flexibility index (Phi) is 6.04. The van der Waals surface area contributed by atoms with Crippen LogP contribution in [-0.4, -0.2) is 56.0 Å². The van der Waals surface area contributed by atoms with Gasteiger partial charge in [-0.05, 0) is 20.3 Å². The highest BCUT2D eigenvalue weighted by Gasteiger charge is 2.34. The zero-order chi connectivity index (χ0) is 21.2. The van der Waals surface area contributed by atoms with Crippen LogP contribution in [0.15, 0.2) is 11.8 Å². The number of aromatic nitrogens is 3. The van der Waals surface area contributed by atoms with Crippen molar-refractivity contribution in [3.63, 3.8) is 0 Å². The van der Waals surface area contributed by atoms with E-state index in [1.807, 2.05) is 18.4 Å². The zero-order valence-corrected chi connectivity index (χ0v) is 17.5. The molecule has 1 aromatic heterocycles. The summed E-state index contributed by atoms with van der Waals surface area (Å²) in [5.41, 5.74) is -0.680. The molecule has 9 nitrogen and oxygen atoms in total. The number of hydrogen-bond acceptors (Lipinski definition) is 6. The molecule has 0 bridgehead atoms. The molecule has 0 aliphatic carbocycles. The molecule has 0 spiro atoms. The second-order valence-electron chi connectivity index (χ2n) is 8.27. The van der Waals surface area contributed by atoms with Crippen LogP contribution in [0.5, 0.6) is 0 Å². The molecule has 3 rings (SSSR count). The number of nitrogens with zero attached hydrogens (tertiary/aromatic N) is 4. The normalized spacial score (nSPS) is 19.5. The molecule has 29 heavy (non-hydrogen) atoms. The van der Waals surface area contributed by atoms with Crippen LogP contribution in [-0.2, 0) is 38.6 Å². The van der Waals surface area contributed by atoms with Crippen molar-refractivity contribution in [2.24, 2.45) is 5.92 Å². The number of hydrogen-bond donors (Lipinski definition) is 1. The standard InChI is InChI=1S/C20H29N5O4/c1-5-13(2)18(27)21-12-17-23-22-16-6-7-24(8-9-25(16)17)19(28)15-10-14(26)11-20(3,4)29-15/h10,13H,5-9,11-12H2,1-4H3,(H,21,27)/t13-/m0/s1. The molecule has 2 amide bonds. The highest BCUT2D eigenvalue weighted by atomic mass is 16.5. The van der Waals surface area contributed by atoms with Crippen LogP contribution in [0.3, 0.4) is 0 Å². The molecular formula is C20H29N5O4. The lowest BCUT2D eigenvalue weighted by Crippen LogP contribution is -2.40. The van der Waals surface area contributed by atoms with Crippen molar-refractivity contribution < 1.29 is 19.1 Å². The van der Waals surface area contributed by atoms with E-state index in [-0.39, 0.29) is 35.7 Å². The van der Waals surface area contributed by atoms with Crippen LogP contribution in [0, 0.1) is 5.92 Å². The maximum atomic E-state index is 12.9. The van der Waals surface area contributed by atoms with Crippen LogP contribution in [0.4, 0.5) is 0 Å². The first-order chi connectivity index (χ1) is 13.7. The number of carbonyl (C=O) groups is 3. The van der Waals surface area contributed by atoms with Crippen molar-refractivity contribution in [3.05, 3.63) is 23.5 Å². The van der Waals surface area contributed by atoms with Crippen LogP contribution >= 0.6 is 0 Å². The maximum Gasteiger partial charge on any atom is 0.289 e. The first-order valence-corrected chi connectivity index (χ1v) is 10.1. The predicted molar refractivity (Wildman–Crippen MR) is 104 cm³/mol. The Morgan fingerprint density at radius 1 is 1.28 bits per heavy atom. The van der Waals surface area contributed by atoms with Gasteiger partial charge in [0.15, 0.2) is 17.4 Å². The summed E-state index contributed by atoms with van der Waals surface area (Å²) in [6.45, 7) is 9.20. The van der Waals surface area contributed by atoms with E-state index in [9.17, 15) is 14.4 Å². The van der Waals surface area contributed by atoms with Gasteiger partial charge in [-0.1, -0.05) is 13.8 Å². The molecule has 0 fully saturated rings. The van der Waals surface area contributed by atoms with Gasteiger partial charge in [-0.15, -0.1) is 10.2 Å². The molecule has 9 heteroatoms. The Morgan fingerprint density at radius 3 is 2.72 bits per heavy atom. The fourth-order valence-corrected chi connectivity index (χ4v) is 3.48.